The third-order valence-electron chi connectivity index (χ3n) is 1.96. The van der Waals surface area contributed by atoms with E-state index in [1.165, 1.54) is 13.2 Å². The molecule has 1 rings (SSSR count). The van der Waals surface area contributed by atoms with E-state index >= 15 is 0 Å². The van der Waals surface area contributed by atoms with Crippen LogP contribution in [0.25, 0.3) is 0 Å². The zero-order valence-corrected chi connectivity index (χ0v) is 9.19. The Balaban J connectivity index is 2.83. The molecule has 0 spiro atoms. The van der Waals surface area contributed by atoms with Crippen LogP contribution in [0.2, 0.25) is 0 Å². The lowest BCUT2D eigenvalue weighted by molar-refractivity contribution is -0.117. The number of nitrogens with one attached hydrogen (secondary N) is 1. The number of ether oxygens (including phenoxy) is 1. The molecule has 0 unspecified atom stereocenters. The van der Waals surface area contributed by atoms with E-state index in [0.717, 1.165) is 0 Å². The first kappa shape index (κ1) is 12.2. The van der Waals surface area contributed by atoms with Gasteiger partial charge in [0.15, 0.2) is 0 Å². The predicted molar refractivity (Wildman–Crippen MR) is 60.1 cm³/mol. The standard InChI is InChI=1S/C11H14N2O3/c1-7(12)10(14)13-9-5-3-4-8(6-9)11(15)16-2/h3-7H,12H2,1-2H3,(H,13,14)/t7-/m1/s1. The minimum Gasteiger partial charge on any atom is -0.465 e. The number of carbonyl (C=O) groups excluding carboxylic acids is 2. The number of anilines is 1. The quantitative estimate of drug-likeness (QED) is 0.740. The Kier molecular flexibility index (Phi) is 4.02. The highest BCUT2D eigenvalue weighted by Crippen LogP contribution is 2.11. The second kappa shape index (κ2) is 5.27. The van der Waals surface area contributed by atoms with Gasteiger partial charge in [-0.1, -0.05) is 6.07 Å². The number of carbonyl (C=O) groups is 2. The smallest absolute Gasteiger partial charge is 0.337 e. The van der Waals surface area contributed by atoms with Crippen LogP contribution in [0, 0.1) is 0 Å². The van der Waals surface area contributed by atoms with Gasteiger partial charge in [0.1, 0.15) is 0 Å². The Morgan fingerprint density at radius 2 is 2.12 bits per heavy atom. The fourth-order valence-electron chi connectivity index (χ4n) is 1.10. The molecule has 5 nitrogen and oxygen atoms in total. The molecule has 1 amide bonds. The van der Waals surface area contributed by atoms with Crippen molar-refractivity contribution in [3.63, 3.8) is 0 Å². The molecular weight excluding hydrogens is 208 g/mol. The molecule has 0 radical (unpaired) electrons. The molecule has 0 aromatic heterocycles. The zero-order chi connectivity index (χ0) is 12.1. The summed E-state index contributed by atoms with van der Waals surface area (Å²) in [6, 6.07) is 5.87. The van der Waals surface area contributed by atoms with Crippen molar-refractivity contribution in [2.24, 2.45) is 5.73 Å². The molecular formula is C11H14N2O3. The van der Waals surface area contributed by atoms with Crippen molar-refractivity contribution in [2.75, 3.05) is 12.4 Å². The van der Waals surface area contributed by atoms with Gasteiger partial charge in [-0.25, -0.2) is 4.79 Å². The molecule has 1 atom stereocenters. The Bertz CT molecular complexity index is 402. The van der Waals surface area contributed by atoms with E-state index in [4.69, 9.17) is 5.73 Å². The largest absolute Gasteiger partial charge is 0.465 e. The second-order valence-electron chi connectivity index (χ2n) is 3.35. The van der Waals surface area contributed by atoms with E-state index in [2.05, 4.69) is 10.1 Å². The zero-order valence-electron chi connectivity index (χ0n) is 9.19. The lowest BCUT2D eigenvalue weighted by Crippen LogP contribution is -2.32. The summed E-state index contributed by atoms with van der Waals surface area (Å²) < 4.78 is 4.57. The molecule has 0 saturated heterocycles. The number of hydrogen-bond acceptors (Lipinski definition) is 4. The molecule has 16 heavy (non-hydrogen) atoms. The van der Waals surface area contributed by atoms with Crippen molar-refractivity contribution in [1.29, 1.82) is 0 Å². The third kappa shape index (κ3) is 3.06. The van der Waals surface area contributed by atoms with Crippen LogP contribution in [0.15, 0.2) is 24.3 Å². The number of hydrogen-bond donors (Lipinski definition) is 2. The van der Waals surface area contributed by atoms with Crippen molar-refractivity contribution in [1.82, 2.24) is 0 Å². The van der Waals surface area contributed by atoms with E-state index in [0.29, 0.717) is 11.3 Å². The minimum atomic E-state index is -0.596. The first-order chi connectivity index (χ1) is 7.54. The van der Waals surface area contributed by atoms with E-state index in [1.54, 1.807) is 25.1 Å². The monoisotopic (exact) mass is 222 g/mol. The van der Waals surface area contributed by atoms with Crippen LogP contribution in [0.5, 0.6) is 0 Å². The molecule has 1 aromatic carbocycles. The summed E-state index contributed by atoms with van der Waals surface area (Å²) in [5.41, 5.74) is 6.30. The highest BCUT2D eigenvalue weighted by molar-refractivity contribution is 5.96. The summed E-state index contributed by atoms with van der Waals surface area (Å²) in [7, 11) is 1.30. The average molecular weight is 222 g/mol. The fourth-order valence-corrected chi connectivity index (χ4v) is 1.10. The van der Waals surface area contributed by atoms with Gasteiger partial charge in [-0.05, 0) is 25.1 Å². The molecule has 0 saturated carbocycles. The predicted octanol–water partition coefficient (Wildman–Crippen LogP) is 0.759. The Hall–Kier alpha value is -1.88. The van der Waals surface area contributed by atoms with Crippen molar-refractivity contribution >= 4 is 17.6 Å². The van der Waals surface area contributed by atoms with Gasteiger partial charge in [0.25, 0.3) is 0 Å². The number of benzene rings is 1. The molecule has 0 bridgehead atoms. The Labute approximate surface area is 93.6 Å². The van der Waals surface area contributed by atoms with Crippen molar-refractivity contribution in [2.45, 2.75) is 13.0 Å². The van der Waals surface area contributed by atoms with E-state index < -0.39 is 12.0 Å². The molecule has 3 N–H and O–H groups in total. The van der Waals surface area contributed by atoms with Gasteiger partial charge in [0.05, 0.1) is 18.7 Å². The van der Waals surface area contributed by atoms with Crippen molar-refractivity contribution in [3.05, 3.63) is 29.8 Å². The summed E-state index contributed by atoms with van der Waals surface area (Å²) in [5, 5.41) is 2.59. The second-order valence-corrected chi connectivity index (χ2v) is 3.35. The van der Waals surface area contributed by atoms with E-state index in [9.17, 15) is 9.59 Å². The maximum atomic E-state index is 11.3. The van der Waals surface area contributed by atoms with Gasteiger partial charge in [-0.15, -0.1) is 0 Å². The molecule has 0 heterocycles. The number of nitrogens with two attached hydrogens (primary N) is 1. The summed E-state index contributed by atoms with van der Waals surface area (Å²) in [5.74, 6) is -0.751. The summed E-state index contributed by atoms with van der Waals surface area (Å²) in [6.45, 7) is 1.58. The van der Waals surface area contributed by atoms with Gasteiger partial charge in [-0.2, -0.15) is 0 Å². The van der Waals surface area contributed by atoms with E-state index in [-0.39, 0.29) is 5.91 Å². The van der Waals surface area contributed by atoms with Crippen LogP contribution in [0.1, 0.15) is 17.3 Å². The van der Waals surface area contributed by atoms with Gasteiger partial charge in [0.2, 0.25) is 5.91 Å². The summed E-state index contributed by atoms with van der Waals surface area (Å²) >= 11 is 0. The van der Waals surface area contributed by atoms with Crippen molar-refractivity contribution in [3.8, 4) is 0 Å². The number of rotatable bonds is 3. The van der Waals surface area contributed by atoms with Crippen LogP contribution in [-0.4, -0.2) is 25.0 Å². The molecule has 86 valence electrons. The van der Waals surface area contributed by atoms with Gasteiger partial charge in [-0.3, -0.25) is 4.79 Å². The van der Waals surface area contributed by atoms with Crippen LogP contribution in [0.4, 0.5) is 5.69 Å². The summed E-state index contributed by atoms with van der Waals surface area (Å²) in [4.78, 5) is 22.5. The van der Waals surface area contributed by atoms with Crippen LogP contribution >= 0.6 is 0 Å². The van der Waals surface area contributed by atoms with Crippen molar-refractivity contribution < 1.29 is 14.3 Å². The van der Waals surface area contributed by atoms with Crippen LogP contribution in [0.3, 0.4) is 0 Å². The van der Waals surface area contributed by atoms with Gasteiger partial charge < -0.3 is 15.8 Å². The molecule has 1 aromatic rings. The minimum absolute atomic E-state index is 0.304. The fraction of sp³-hybridized carbons (Fsp3) is 0.273. The molecule has 5 heteroatoms. The first-order valence-corrected chi connectivity index (χ1v) is 4.79. The van der Waals surface area contributed by atoms with Gasteiger partial charge >= 0.3 is 5.97 Å². The average Bonchev–Trinajstić information content (AvgIpc) is 2.28. The topological polar surface area (TPSA) is 81.4 Å². The molecule has 0 aliphatic carbocycles. The highest BCUT2D eigenvalue weighted by atomic mass is 16.5. The van der Waals surface area contributed by atoms with Crippen LogP contribution < -0.4 is 11.1 Å². The Morgan fingerprint density at radius 1 is 1.44 bits per heavy atom. The maximum absolute atomic E-state index is 11.3. The maximum Gasteiger partial charge on any atom is 0.337 e. The van der Waals surface area contributed by atoms with Crippen LogP contribution in [-0.2, 0) is 9.53 Å². The highest BCUT2D eigenvalue weighted by Gasteiger charge is 2.09. The molecule has 0 aliphatic rings. The number of methoxy groups -OCH3 is 1. The van der Waals surface area contributed by atoms with Gasteiger partial charge in [0, 0.05) is 5.69 Å². The molecule has 0 fully saturated rings. The lowest BCUT2D eigenvalue weighted by atomic mass is 10.2. The lowest BCUT2D eigenvalue weighted by Gasteiger charge is -2.08. The molecule has 0 aliphatic heterocycles. The normalized spacial score (nSPS) is 11.7. The Morgan fingerprint density at radius 3 is 2.69 bits per heavy atom. The van der Waals surface area contributed by atoms with E-state index in [1.807, 2.05) is 0 Å². The SMILES string of the molecule is COC(=O)c1cccc(NC(=O)[C@@H](C)N)c1. The number of amides is 1. The number of esters is 1. The summed E-state index contributed by atoms with van der Waals surface area (Å²) in [6.07, 6.45) is 0. The first-order valence-electron chi connectivity index (χ1n) is 4.79. The third-order valence-corrected chi connectivity index (χ3v) is 1.96.